The van der Waals surface area contributed by atoms with Crippen molar-refractivity contribution in [3.8, 4) is 0 Å². The Morgan fingerprint density at radius 2 is 0.971 bits per heavy atom. The second-order valence-electron chi connectivity index (χ2n) is 6.10. The summed E-state index contributed by atoms with van der Waals surface area (Å²) in [6.07, 6.45) is 2.62. The molecule has 0 aromatic heterocycles. The van der Waals surface area contributed by atoms with Gasteiger partial charge in [-0.15, -0.1) is 0 Å². The summed E-state index contributed by atoms with van der Waals surface area (Å²) >= 11 is 5.47. The van der Waals surface area contributed by atoms with Crippen molar-refractivity contribution in [1.29, 1.82) is 0 Å². The average Bonchev–Trinajstić information content (AvgIpc) is 2.78. The lowest BCUT2D eigenvalue weighted by molar-refractivity contribution is -0.106. The van der Waals surface area contributed by atoms with Crippen LogP contribution in [0.5, 0.6) is 0 Å². The number of carbonyl (C=O) groups is 2. The first-order valence-electron chi connectivity index (χ1n) is 11.8. The topological polar surface area (TPSA) is 123 Å². The molecule has 208 valence electrons. The van der Waals surface area contributed by atoms with Crippen molar-refractivity contribution >= 4 is 53.9 Å². The predicted molar refractivity (Wildman–Crippen MR) is 150 cm³/mol. The molecule has 0 saturated carbocycles. The van der Waals surface area contributed by atoms with Gasteiger partial charge in [-0.2, -0.15) is 12.6 Å². The fraction of sp³-hybridized carbons (Fsp3) is 0.905. The predicted octanol–water partition coefficient (Wildman–Crippen LogP) is 3.99. The van der Waals surface area contributed by atoms with E-state index in [9.17, 15) is 4.79 Å². The Kier molecular flexibility index (Phi) is 38.0. The van der Waals surface area contributed by atoms with Crippen LogP contribution in [0.2, 0.25) is 12.1 Å². The zero-order valence-electron chi connectivity index (χ0n) is 22.3. The van der Waals surface area contributed by atoms with Crippen molar-refractivity contribution in [1.82, 2.24) is 0 Å². The summed E-state index contributed by atoms with van der Waals surface area (Å²) in [5.74, 6) is 1.65. The van der Waals surface area contributed by atoms with E-state index in [4.69, 9.17) is 31.4 Å². The molecule has 0 atom stereocenters. The third-order valence-corrected chi connectivity index (χ3v) is 10.9. The highest BCUT2D eigenvalue weighted by Crippen LogP contribution is 2.20. The zero-order chi connectivity index (χ0) is 25.8. The van der Waals surface area contributed by atoms with Crippen molar-refractivity contribution in [2.24, 2.45) is 0 Å². The van der Waals surface area contributed by atoms with E-state index in [0.717, 1.165) is 48.3 Å². The largest absolute Gasteiger partial charge is 0.500 e. The highest BCUT2D eigenvalue weighted by Gasteiger charge is 2.40. The summed E-state index contributed by atoms with van der Waals surface area (Å²) in [4.78, 5) is 19.0. The van der Waals surface area contributed by atoms with E-state index in [1.54, 1.807) is 0 Å². The zero-order valence-corrected chi connectivity index (χ0v) is 26.0. The second-order valence-corrected chi connectivity index (χ2v) is 12.9. The molecule has 0 aliphatic rings. The summed E-state index contributed by atoms with van der Waals surface area (Å²) in [5.41, 5.74) is 0.866. The Labute approximate surface area is 219 Å². The van der Waals surface area contributed by atoms with E-state index in [1.807, 2.05) is 41.5 Å². The lowest BCUT2D eigenvalue weighted by Crippen LogP contribution is -2.46. The molecule has 0 fully saturated rings. The molecule has 0 radical (unpaired) electrons. The van der Waals surface area contributed by atoms with Gasteiger partial charge in [0.15, 0.2) is 5.62 Å². The minimum absolute atomic E-state index is 0. The van der Waals surface area contributed by atoms with Gasteiger partial charge in [-0.1, -0.05) is 11.8 Å². The first-order chi connectivity index (χ1) is 15.9. The normalized spacial score (nSPS) is 10.8. The Hall–Kier alpha value is 0.194. The average molecular weight is 568 g/mol. The summed E-state index contributed by atoms with van der Waals surface area (Å²) in [6, 6.07) is 1.65. The SMILES string of the molecule is CC=O.CCO[Si](CCCS)(OCC)OCC.CCO[Si](CCCSC=O)(OCC)OCC.[OH3+]. The summed E-state index contributed by atoms with van der Waals surface area (Å²) < 4.78 is 34.1. The second kappa shape index (κ2) is 31.2. The minimum atomic E-state index is -2.47. The molecule has 9 nitrogen and oxygen atoms in total. The Bertz CT molecular complexity index is 392. The van der Waals surface area contributed by atoms with Crippen LogP contribution in [0, 0.1) is 0 Å². The molecule has 34 heavy (non-hydrogen) atoms. The number of thiol groups is 1. The fourth-order valence-corrected chi connectivity index (χ4v) is 9.06. The molecular formula is C21H51O9S2Si2+. The van der Waals surface area contributed by atoms with Gasteiger partial charge in [0, 0.05) is 57.5 Å². The van der Waals surface area contributed by atoms with Crippen LogP contribution in [0.4, 0.5) is 0 Å². The number of carbonyl (C=O) groups excluding carboxylic acids is 2. The third-order valence-electron chi connectivity index (χ3n) is 3.64. The summed E-state index contributed by atoms with van der Waals surface area (Å²) in [7, 11) is -4.84. The van der Waals surface area contributed by atoms with Crippen molar-refractivity contribution < 1.29 is 41.6 Å². The summed E-state index contributed by atoms with van der Waals surface area (Å²) in [5, 5.41) is 0. The van der Waals surface area contributed by atoms with Crippen LogP contribution in [-0.4, -0.2) is 80.7 Å². The Morgan fingerprint density at radius 1 is 0.676 bits per heavy atom. The molecule has 3 N–H and O–H groups in total. The molecule has 0 unspecified atom stereocenters. The molecule has 0 amide bonds. The van der Waals surface area contributed by atoms with Crippen molar-refractivity contribution in [2.75, 3.05) is 51.1 Å². The van der Waals surface area contributed by atoms with Gasteiger partial charge in [0.2, 0.25) is 0 Å². The van der Waals surface area contributed by atoms with E-state index >= 15 is 0 Å². The molecule has 0 aliphatic heterocycles. The Balaban J connectivity index is -0.000000232. The van der Waals surface area contributed by atoms with E-state index in [2.05, 4.69) is 12.6 Å². The fourth-order valence-electron chi connectivity index (χ4n) is 2.72. The Morgan fingerprint density at radius 3 is 1.21 bits per heavy atom. The number of rotatable bonds is 20. The van der Waals surface area contributed by atoms with Gasteiger partial charge in [0.05, 0.1) is 0 Å². The number of thioether (sulfide) groups is 1. The first kappa shape index (κ1) is 41.3. The van der Waals surface area contributed by atoms with Crippen LogP contribution in [0.25, 0.3) is 0 Å². The van der Waals surface area contributed by atoms with E-state index < -0.39 is 17.6 Å². The standard InChI is InChI=1S/C10H22O4SSi.C9H22O3SSi.C2H4O.H2O/c1-4-12-16(13-5-2,14-6-3)9-7-8-15-10-11;1-4-10-14(11-5-2,12-6-3)9-7-8-13;1-2-3;/h10H,4-9H2,1-3H3;13H,4-9H2,1-3H3;2H,1H3;1H2/p+1. The molecule has 0 bridgehead atoms. The number of hydrogen-bond acceptors (Lipinski definition) is 10. The lowest BCUT2D eigenvalue weighted by Gasteiger charge is -2.28. The van der Waals surface area contributed by atoms with Crippen LogP contribution in [0.15, 0.2) is 0 Å². The van der Waals surface area contributed by atoms with Gasteiger partial charge in [0.25, 0.3) is 0 Å². The number of aldehydes is 1. The van der Waals surface area contributed by atoms with E-state index in [-0.39, 0.29) is 5.48 Å². The molecular weight excluding hydrogens is 517 g/mol. The molecule has 0 aromatic carbocycles. The first-order valence-corrected chi connectivity index (χ1v) is 17.3. The van der Waals surface area contributed by atoms with Gasteiger partial charge in [0.1, 0.15) is 6.29 Å². The van der Waals surface area contributed by atoms with Crippen LogP contribution in [0.3, 0.4) is 0 Å². The molecule has 0 saturated heterocycles. The highest BCUT2D eigenvalue weighted by molar-refractivity contribution is 8.11. The molecule has 13 heteroatoms. The molecule has 0 spiro atoms. The van der Waals surface area contributed by atoms with Crippen LogP contribution in [-0.2, 0) is 41.6 Å². The van der Waals surface area contributed by atoms with Crippen LogP contribution in [0.1, 0.15) is 61.3 Å². The monoisotopic (exact) mass is 567 g/mol. The van der Waals surface area contributed by atoms with E-state index in [1.165, 1.54) is 18.7 Å². The van der Waals surface area contributed by atoms with Crippen LogP contribution >= 0.6 is 24.4 Å². The van der Waals surface area contributed by atoms with Crippen molar-refractivity contribution in [3.63, 3.8) is 0 Å². The van der Waals surface area contributed by atoms with Gasteiger partial charge in [-0.05, 0) is 67.1 Å². The lowest BCUT2D eigenvalue weighted by atomic mass is 10.6. The minimum Gasteiger partial charge on any atom is -0.457 e. The molecule has 0 aromatic rings. The third kappa shape index (κ3) is 23.9. The highest BCUT2D eigenvalue weighted by atomic mass is 32.2. The van der Waals surface area contributed by atoms with Gasteiger partial charge in [-0.25, -0.2) is 0 Å². The summed E-state index contributed by atoms with van der Waals surface area (Å²) in [6.45, 7) is 17.0. The van der Waals surface area contributed by atoms with Gasteiger partial charge < -0.3 is 36.8 Å². The number of hydrogen-bond donors (Lipinski definition) is 1. The van der Waals surface area contributed by atoms with Gasteiger partial charge >= 0.3 is 17.6 Å². The van der Waals surface area contributed by atoms with Crippen LogP contribution < -0.4 is 0 Å². The maximum Gasteiger partial charge on any atom is 0.500 e. The van der Waals surface area contributed by atoms with Crippen molar-refractivity contribution in [2.45, 2.75) is 73.4 Å². The molecule has 0 rings (SSSR count). The van der Waals surface area contributed by atoms with E-state index in [0.29, 0.717) is 39.6 Å². The van der Waals surface area contributed by atoms with Gasteiger partial charge in [-0.3, -0.25) is 4.79 Å². The maximum absolute atomic E-state index is 10.2. The van der Waals surface area contributed by atoms with Crippen molar-refractivity contribution in [3.05, 3.63) is 0 Å². The quantitative estimate of drug-likeness (QED) is 0.0765. The maximum atomic E-state index is 10.2. The molecule has 0 heterocycles. The smallest absolute Gasteiger partial charge is 0.457 e. The molecule has 0 aliphatic carbocycles.